The van der Waals surface area contributed by atoms with E-state index in [4.69, 9.17) is 11.6 Å². The van der Waals surface area contributed by atoms with E-state index >= 15 is 0 Å². The number of hydrogen-bond donors (Lipinski definition) is 0. The van der Waals surface area contributed by atoms with Crippen LogP contribution in [0.4, 0.5) is 0 Å². The molecule has 0 fully saturated rings. The summed E-state index contributed by atoms with van der Waals surface area (Å²) in [6.07, 6.45) is 2.49. The quantitative estimate of drug-likeness (QED) is 0.692. The Balaban J connectivity index is 3.07. The molecule has 0 aliphatic rings. The van der Waals surface area contributed by atoms with Gasteiger partial charge < -0.3 is 0 Å². The molecular formula is C12H13ClO. The maximum Gasteiger partial charge on any atom is 0.152 e. The predicted octanol–water partition coefficient (Wildman–Crippen LogP) is 3.72. The van der Waals surface area contributed by atoms with Crippen LogP contribution >= 0.6 is 11.6 Å². The number of hydrogen-bond acceptors (Lipinski definition) is 1. The zero-order chi connectivity index (χ0) is 10.6. The van der Waals surface area contributed by atoms with Gasteiger partial charge in [0.05, 0.1) is 0 Å². The average Bonchev–Trinajstić information content (AvgIpc) is 2.14. The van der Waals surface area contributed by atoms with Crippen LogP contribution in [0.5, 0.6) is 0 Å². The zero-order valence-electron chi connectivity index (χ0n) is 8.38. The lowest BCUT2D eigenvalue weighted by atomic mass is 10.0. The summed E-state index contributed by atoms with van der Waals surface area (Å²) in [6.45, 7) is 3.58. The minimum atomic E-state index is 0.0711. The van der Waals surface area contributed by atoms with E-state index in [2.05, 4.69) is 0 Å². The molecule has 1 rings (SSSR count). The van der Waals surface area contributed by atoms with Gasteiger partial charge >= 0.3 is 0 Å². The van der Waals surface area contributed by atoms with Gasteiger partial charge in [-0.2, -0.15) is 0 Å². The van der Waals surface area contributed by atoms with Crippen molar-refractivity contribution >= 4 is 23.0 Å². The molecule has 74 valence electrons. The highest BCUT2D eigenvalue weighted by molar-refractivity contribution is 6.30. The lowest BCUT2D eigenvalue weighted by Crippen LogP contribution is -1.88. The molecule has 1 nitrogen and oxygen atoms in total. The summed E-state index contributed by atoms with van der Waals surface area (Å²) in [5.74, 6) is 0.0711. The van der Waals surface area contributed by atoms with E-state index in [-0.39, 0.29) is 5.78 Å². The van der Waals surface area contributed by atoms with E-state index < -0.39 is 0 Å². The van der Waals surface area contributed by atoms with Crippen LogP contribution in [0.2, 0.25) is 5.02 Å². The molecule has 0 aliphatic carbocycles. The van der Waals surface area contributed by atoms with E-state index in [1.54, 1.807) is 13.0 Å². The molecule has 0 aliphatic heterocycles. The highest BCUT2D eigenvalue weighted by Crippen LogP contribution is 2.21. The van der Waals surface area contributed by atoms with Gasteiger partial charge in [0.25, 0.3) is 0 Å². The fourth-order valence-electron chi connectivity index (χ4n) is 1.32. The van der Waals surface area contributed by atoms with Crippen molar-refractivity contribution in [1.29, 1.82) is 0 Å². The fourth-order valence-corrected chi connectivity index (χ4v) is 1.51. The topological polar surface area (TPSA) is 17.1 Å². The molecular weight excluding hydrogens is 196 g/mol. The number of rotatable bonds is 3. The van der Waals surface area contributed by atoms with Crippen LogP contribution in [0.15, 0.2) is 30.3 Å². The van der Waals surface area contributed by atoms with Gasteiger partial charge in [0.1, 0.15) is 0 Å². The smallest absolute Gasteiger partial charge is 0.152 e. The molecule has 0 N–H and O–H groups in total. The van der Waals surface area contributed by atoms with Gasteiger partial charge in [-0.15, -0.1) is 0 Å². The van der Waals surface area contributed by atoms with Crippen LogP contribution < -0.4 is 0 Å². The largest absolute Gasteiger partial charge is 0.295 e. The van der Waals surface area contributed by atoms with Crippen molar-refractivity contribution in [3.05, 3.63) is 40.9 Å². The number of allylic oxidation sites excluding steroid dienone is 2. The molecule has 1 aromatic carbocycles. The highest BCUT2D eigenvalue weighted by atomic mass is 35.5. The Labute approximate surface area is 89.4 Å². The maximum atomic E-state index is 11.0. The molecule has 0 heterocycles. The van der Waals surface area contributed by atoms with Gasteiger partial charge in [-0.05, 0) is 42.7 Å². The molecule has 0 aromatic heterocycles. The molecule has 0 saturated heterocycles. The minimum Gasteiger partial charge on any atom is -0.295 e. The third-order valence-corrected chi connectivity index (χ3v) is 2.19. The van der Waals surface area contributed by atoms with E-state index in [0.29, 0.717) is 5.02 Å². The van der Waals surface area contributed by atoms with Crippen LogP contribution in [0.1, 0.15) is 25.8 Å². The van der Waals surface area contributed by atoms with Crippen molar-refractivity contribution in [3.63, 3.8) is 0 Å². The first-order valence-corrected chi connectivity index (χ1v) is 4.98. The van der Waals surface area contributed by atoms with Gasteiger partial charge in [-0.3, -0.25) is 4.79 Å². The molecule has 0 bridgehead atoms. The van der Waals surface area contributed by atoms with Crippen LogP contribution in [0.3, 0.4) is 0 Å². The van der Waals surface area contributed by atoms with Crippen molar-refractivity contribution in [2.45, 2.75) is 20.3 Å². The van der Waals surface area contributed by atoms with Gasteiger partial charge in [-0.25, -0.2) is 0 Å². The van der Waals surface area contributed by atoms with Crippen molar-refractivity contribution in [3.8, 4) is 0 Å². The summed E-state index contributed by atoms with van der Waals surface area (Å²) >= 11 is 5.87. The van der Waals surface area contributed by atoms with E-state index in [1.807, 2.05) is 31.2 Å². The second-order valence-electron chi connectivity index (χ2n) is 3.14. The Morgan fingerprint density at radius 3 is 2.71 bits per heavy atom. The number of ketones is 1. The normalized spacial score (nSPS) is 11.5. The highest BCUT2D eigenvalue weighted by Gasteiger charge is 2.00. The monoisotopic (exact) mass is 208 g/mol. The van der Waals surface area contributed by atoms with Crippen LogP contribution in [-0.4, -0.2) is 5.78 Å². The first-order valence-electron chi connectivity index (χ1n) is 4.60. The van der Waals surface area contributed by atoms with Crippen molar-refractivity contribution in [2.24, 2.45) is 0 Å². The third-order valence-electron chi connectivity index (χ3n) is 1.95. The zero-order valence-corrected chi connectivity index (χ0v) is 9.14. The van der Waals surface area contributed by atoms with Crippen LogP contribution in [-0.2, 0) is 4.79 Å². The van der Waals surface area contributed by atoms with E-state index in [9.17, 15) is 4.79 Å². The molecule has 0 amide bonds. The fraction of sp³-hybridized carbons (Fsp3) is 0.250. The van der Waals surface area contributed by atoms with E-state index in [1.165, 1.54) is 0 Å². The van der Waals surface area contributed by atoms with Crippen molar-refractivity contribution in [1.82, 2.24) is 0 Å². The van der Waals surface area contributed by atoms with Gasteiger partial charge in [-0.1, -0.05) is 30.7 Å². The number of carbonyl (C=O) groups is 1. The predicted molar refractivity (Wildman–Crippen MR) is 60.4 cm³/mol. The maximum absolute atomic E-state index is 11.0. The number of halogens is 1. The second kappa shape index (κ2) is 4.97. The lowest BCUT2D eigenvalue weighted by molar-refractivity contribution is -0.112. The standard InChI is InChI=1S/C12H13ClO/c1-3-10(7-9(2)14)11-5-4-6-12(13)8-11/h4-8H,3H2,1-2H3/b10-7-. The SMILES string of the molecule is CC/C(=C/C(C)=O)c1cccc(Cl)c1. The summed E-state index contributed by atoms with van der Waals surface area (Å²) in [6, 6.07) is 7.55. The molecule has 2 heteroatoms. The molecule has 0 atom stereocenters. The molecule has 0 spiro atoms. The van der Waals surface area contributed by atoms with E-state index in [0.717, 1.165) is 17.6 Å². The Morgan fingerprint density at radius 2 is 2.21 bits per heavy atom. The summed E-state index contributed by atoms with van der Waals surface area (Å²) in [7, 11) is 0. The first-order chi connectivity index (χ1) is 6.63. The lowest BCUT2D eigenvalue weighted by Gasteiger charge is -2.04. The number of carbonyl (C=O) groups excluding carboxylic acids is 1. The third kappa shape index (κ3) is 3.00. The molecule has 14 heavy (non-hydrogen) atoms. The second-order valence-corrected chi connectivity index (χ2v) is 3.58. The molecule has 0 radical (unpaired) electrons. The van der Waals surface area contributed by atoms with Crippen LogP contribution in [0.25, 0.3) is 5.57 Å². The summed E-state index contributed by atoms with van der Waals surface area (Å²) in [5.41, 5.74) is 2.05. The van der Waals surface area contributed by atoms with Gasteiger partial charge in [0.15, 0.2) is 5.78 Å². The Bertz CT molecular complexity index is 366. The first kappa shape index (κ1) is 11.0. The summed E-state index contributed by atoms with van der Waals surface area (Å²) in [4.78, 5) is 11.0. The van der Waals surface area contributed by atoms with Crippen LogP contribution in [0, 0.1) is 0 Å². The summed E-state index contributed by atoms with van der Waals surface area (Å²) in [5, 5.41) is 0.699. The Morgan fingerprint density at radius 1 is 1.50 bits per heavy atom. The summed E-state index contributed by atoms with van der Waals surface area (Å²) < 4.78 is 0. The van der Waals surface area contributed by atoms with Crippen molar-refractivity contribution < 1.29 is 4.79 Å². The Hall–Kier alpha value is -1.08. The van der Waals surface area contributed by atoms with Gasteiger partial charge in [0.2, 0.25) is 0 Å². The average molecular weight is 209 g/mol. The Kier molecular flexibility index (Phi) is 3.90. The van der Waals surface area contributed by atoms with Crippen molar-refractivity contribution in [2.75, 3.05) is 0 Å². The molecule has 0 unspecified atom stereocenters. The molecule has 0 saturated carbocycles. The minimum absolute atomic E-state index is 0.0711. The molecule has 1 aromatic rings. The van der Waals surface area contributed by atoms with Gasteiger partial charge in [0, 0.05) is 5.02 Å². The number of benzene rings is 1.